The standard InChI is InChI=1S/C21H16ClN5O5S2/c1-31-17-9-13(7-14(10-23)19(28)24-20-25-21(33-2)26-34-20)8-16(22)18(17)32-11-12-3-5-15(6-4-12)27(29)30/h3-9H,11H2,1-2H3,(H,24,25,26,28)/b14-7-. The lowest BCUT2D eigenvalue weighted by molar-refractivity contribution is -0.384. The summed E-state index contributed by atoms with van der Waals surface area (Å²) < 4.78 is 15.2. The van der Waals surface area contributed by atoms with E-state index in [2.05, 4.69) is 14.7 Å². The molecule has 0 spiro atoms. The van der Waals surface area contributed by atoms with Crippen LogP contribution in [0.3, 0.4) is 0 Å². The number of thioether (sulfide) groups is 1. The van der Waals surface area contributed by atoms with Crippen LogP contribution in [0, 0.1) is 21.4 Å². The predicted octanol–water partition coefficient (Wildman–Crippen LogP) is 4.95. The highest BCUT2D eigenvalue weighted by Crippen LogP contribution is 2.37. The molecule has 3 rings (SSSR count). The number of nitro benzene ring substituents is 1. The second-order valence-corrected chi connectivity index (χ2v) is 8.39. The number of methoxy groups -OCH3 is 1. The lowest BCUT2D eigenvalue weighted by Crippen LogP contribution is -2.13. The van der Waals surface area contributed by atoms with Gasteiger partial charge in [-0.25, -0.2) is 0 Å². The Bertz CT molecular complexity index is 1290. The van der Waals surface area contributed by atoms with Crippen molar-refractivity contribution in [3.05, 3.63) is 68.2 Å². The molecule has 0 aliphatic carbocycles. The Morgan fingerprint density at radius 3 is 2.71 bits per heavy atom. The molecule has 1 aromatic heterocycles. The third kappa shape index (κ3) is 6.22. The molecule has 0 saturated heterocycles. The van der Waals surface area contributed by atoms with Crippen LogP contribution < -0.4 is 14.8 Å². The van der Waals surface area contributed by atoms with E-state index in [-0.39, 0.29) is 39.5 Å². The summed E-state index contributed by atoms with van der Waals surface area (Å²) in [6, 6.07) is 10.9. The van der Waals surface area contributed by atoms with E-state index < -0.39 is 10.8 Å². The van der Waals surface area contributed by atoms with Gasteiger partial charge in [0, 0.05) is 23.7 Å². The normalized spacial score (nSPS) is 10.9. The van der Waals surface area contributed by atoms with Gasteiger partial charge in [0.25, 0.3) is 11.6 Å². The summed E-state index contributed by atoms with van der Waals surface area (Å²) in [6.45, 7) is 0.0923. The minimum Gasteiger partial charge on any atom is -0.493 e. The van der Waals surface area contributed by atoms with Crippen molar-refractivity contribution < 1.29 is 19.2 Å². The van der Waals surface area contributed by atoms with Gasteiger partial charge in [0.05, 0.1) is 17.1 Å². The molecule has 174 valence electrons. The van der Waals surface area contributed by atoms with Gasteiger partial charge in [0.1, 0.15) is 18.2 Å². The van der Waals surface area contributed by atoms with E-state index in [9.17, 15) is 20.2 Å². The summed E-state index contributed by atoms with van der Waals surface area (Å²) in [6.07, 6.45) is 3.17. The fraction of sp³-hybridized carbons (Fsp3) is 0.143. The molecule has 0 radical (unpaired) electrons. The van der Waals surface area contributed by atoms with Crippen LogP contribution in [0.25, 0.3) is 6.08 Å². The Morgan fingerprint density at radius 2 is 2.12 bits per heavy atom. The highest BCUT2D eigenvalue weighted by Gasteiger charge is 2.16. The van der Waals surface area contributed by atoms with Gasteiger partial charge >= 0.3 is 0 Å². The summed E-state index contributed by atoms with van der Waals surface area (Å²) in [4.78, 5) is 26.9. The van der Waals surface area contributed by atoms with Gasteiger partial charge in [-0.3, -0.25) is 20.2 Å². The first-order valence-electron chi connectivity index (χ1n) is 9.39. The number of nitrogens with zero attached hydrogens (tertiary/aromatic N) is 4. The van der Waals surface area contributed by atoms with Crippen LogP contribution in [-0.2, 0) is 11.4 Å². The molecule has 13 heteroatoms. The predicted molar refractivity (Wildman–Crippen MR) is 129 cm³/mol. The molecule has 1 heterocycles. The fourth-order valence-electron chi connectivity index (χ4n) is 2.66. The van der Waals surface area contributed by atoms with Crippen LogP contribution in [-0.4, -0.2) is 33.6 Å². The number of rotatable bonds is 9. The van der Waals surface area contributed by atoms with Crippen LogP contribution in [0.1, 0.15) is 11.1 Å². The number of nitro groups is 1. The van der Waals surface area contributed by atoms with Gasteiger partial charge in [-0.2, -0.15) is 14.6 Å². The molecule has 1 amide bonds. The summed E-state index contributed by atoms with van der Waals surface area (Å²) in [5.41, 5.74) is 0.943. The number of ether oxygens (including phenoxy) is 2. The van der Waals surface area contributed by atoms with Crippen molar-refractivity contribution in [1.29, 1.82) is 5.26 Å². The van der Waals surface area contributed by atoms with Gasteiger partial charge in [-0.05, 0) is 47.7 Å². The summed E-state index contributed by atoms with van der Waals surface area (Å²) in [5, 5.41) is 23.8. The number of hydrogen-bond donors (Lipinski definition) is 1. The van der Waals surface area contributed by atoms with E-state index in [0.717, 1.165) is 11.5 Å². The van der Waals surface area contributed by atoms with Crippen molar-refractivity contribution in [3.8, 4) is 17.6 Å². The van der Waals surface area contributed by atoms with Crippen LogP contribution in [0.4, 0.5) is 10.8 Å². The summed E-state index contributed by atoms with van der Waals surface area (Å²) in [5.74, 6) is -0.104. The topological polar surface area (TPSA) is 140 Å². The van der Waals surface area contributed by atoms with Gasteiger partial charge < -0.3 is 9.47 Å². The zero-order valence-electron chi connectivity index (χ0n) is 17.8. The van der Waals surface area contributed by atoms with E-state index in [1.165, 1.54) is 43.1 Å². The fourth-order valence-corrected chi connectivity index (χ4v) is 4.05. The number of nitriles is 1. The molecule has 0 aliphatic heterocycles. The smallest absolute Gasteiger partial charge is 0.269 e. The third-order valence-corrected chi connectivity index (χ3v) is 5.84. The van der Waals surface area contributed by atoms with E-state index in [1.807, 2.05) is 12.3 Å². The van der Waals surface area contributed by atoms with Gasteiger partial charge in [0.15, 0.2) is 11.5 Å². The zero-order chi connectivity index (χ0) is 24.7. The molecule has 1 N–H and O–H groups in total. The number of non-ortho nitro benzene ring substituents is 1. The Morgan fingerprint density at radius 1 is 1.38 bits per heavy atom. The van der Waals surface area contributed by atoms with Crippen LogP contribution in [0.5, 0.6) is 11.5 Å². The molecule has 3 aromatic rings. The minimum atomic E-state index is -0.639. The highest BCUT2D eigenvalue weighted by atomic mass is 35.5. The number of carbonyl (C=O) groups is 1. The second-order valence-electron chi connectivity index (χ2n) is 6.46. The van der Waals surface area contributed by atoms with Crippen molar-refractivity contribution in [2.75, 3.05) is 18.7 Å². The quantitative estimate of drug-likeness (QED) is 0.137. The molecule has 10 nitrogen and oxygen atoms in total. The van der Waals surface area contributed by atoms with E-state index in [1.54, 1.807) is 18.2 Å². The molecule has 0 atom stereocenters. The minimum absolute atomic E-state index is 0.0244. The number of aromatic nitrogens is 2. The second kappa shape index (κ2) is 11.5. The molecular formula is C21H16ClN5O5S2. The van der Waals surface area contributed by atoms with Gasteiger partial charge in [0.2, 0.25) is 10.3 Å². The Labute approximate surface area is 207 Å². The molecular weight excluding hydrogens is 502 g/mol. The molecule has 0 unspecified atom stereocenters. The molecule has 2 aromatic carbocycles. The van der Waals surface area contributed by atoms with E-state index in [0.29, 0.717) is 16.3 Å². The summed E-state index contributed by atoms with van der Waals surface area (Å²) in [7, 11) is 1.43. The maximum atomic E-state index is 12.5. The van der Waals surface area contributed by atoms with Crippen molar-refractivity contribution in [2.45, 2.75) is 11.8 Å². The largest absolute Gasteiger partial charge is 0.493 e. The number of amides is 1. The lowest BCUT2D eigenvalue weighted by Gasteiger charge is -2.13. The Hall–Kier alpha value is -3.66. The number of carbonyl (C=O) groups excluding carboxylic acids is 1. The molecule has 0 saturated carbocycles. The van der Waals surface area contributed by atoms with E-state index >= 15 is 0 Å². The summed E-state index contributed by atoms with van der Waals surface area (Å²) >= 11 is 8.72. The number of hydrogen-bond acceptors (Lipinski definition) is 10. The third-order valence-electron chi connectivity index (χ3n) is 4.27. The van der Waals surface area contributed by atoms with Crippen molar-refractivity contribution in [3.63, 3.8) is 0 Å². The van der Waals surface area contributed by atoms with Gasteiger partial charge in [-0.15, -0.1) is 0 Å². The molecule has 0 aliphatic rings. The average Bonchev–Trinajstić information content (AvgIpc) is 3.29. The van der Waals surface area contributed by atoms with Crippen LogP contribution in [0.2, 0.25) is 5.02 Å². The van der Waals surface area contributed by atoms with Gasteiger partial charge in [-0.1, -0.05) is 23.4 Å². The van der Waals surface area contributed by atoms with Crippen molar-refractivity contribution in [1.82, 2.24) is 9.36 Å². The molecule has 0 bridgehead atoms. The average molecular weight is 518 g/mol. The monoisotopic (exact) mass is 517 g/mol. The molecule has 34 heavy (non-hydrogen) atoms. The Kier molecular flexibility index (Phi) is 8.42. The Balaban J connectivity index is 1.78. The maximum Gasteiger partial charge on any atom is 0.269 e. The highest BCUT2D eigenvalue weighted by molar-refractivity contribution is 7.98. The zero-order valence-corrected chi connectivity index (χ0v) is 20.2. The van der Waals surface area contributed by atoms with Crippen molar-refractivity contribution in [2.24, 2.45) is 0 Å². The maximum absolute atomic E-state index is 12.5. The first kappa shape index (κ1) is 25.0. The number of nitrogens with one attached hydrogen (secondary N) is 1. The molecule has 0 fully saturated rings. The van der Waals surface area contributed by atoms with E-state index in [4.69, 9.17) is 21.1 Å². The van der Waals surface area contributed by atoms with Crippen molar-refractivity contribution >= 4 is 57.7 Å². The van der Waals surface area contributed by atoms with Crippen LogP contribution >= 0.6 is 34.9 Å². The SMILES string of the molecule is COc1cc(/C=C(/C#N)C(=O)Nc2nc(SC)ns2)cc(Cl)c1OCc1ccc([N+](=O)[O-])cc1. The first-order valence-corrected chi connectivity index (χ1v) is 11.8. The number of halogens is 1. The van der Waals surface area contributed by atoms with Crippen LogP contribution in [0.15, 0.2) is 47.1 Å². The lowest BCUT2D eigenvalue weighted by atomic mass is 10.1. The first-order chi connectivity index (χ1) is 16.3. The number of anilines is 1. The number of benzene rings is 2.